The zero-order valence-electron chi connectivity index (χ0n) is 19.5. The molecule has 1 aromatic heterocycles. The van der Waals surface area contributed by atoms with Crippen molar-refractivity contribution in [3.05, 3.63) is 29.7 Å². The summed E-state index contributed by atoms with van der Waals surface area (Å²) in [7, 11) is 1.31. The Morgan fingerprint density at radius 1 is 1.26 bits per heavy atom. The Morgan fingerprint density at radius 2 is 2.03 bits per heavy atom. The van der Waals surface area contributed by atoms with Gasteiger partial charge in [-0.2, -0.15) is 8.78 Å². The van der Waals surface area contributed by atoms with Crippen LogP contribution in [-0.4, -0.2) is 72.8 Å². The Morgan fingerprint density at radius 3 is 2.66 bits per heavy atom. The van der Waals surface area contributed by atoms with Gasteiger partial charge in [0.25, 0.3) is 5.91 Å². The maximum atomic E-state index is 13.2. The number of aromatic nitrogens is 1. The molecule has 0 spiro atoms. The molecule has 2 aliphatic rings. The minimum absolute atomic E-state index is 0.0644. The molecule has 2 N–H and O–H groups in total. The molecule has 1 unspecified atom stereocenters. The molecule has 1 aliphatic carbocycles. The van der Waals surface area contributed by atoms with Crippen LogP contribution in [0.3, 0.4) is 0 Å². The van der Waals surface area contributed by atoms with Crippen molar-refractivity contribution >= 4 is 12.0 Å². The third kappa shape index (κ3) is 5.64. The number of halogens is 2. The second-order valence-electron chi connectivity index (χ2n) is 8.55. The number of benzene rings is 1. The van der Waals surface area contributed by atoms with Crippen LogP contribution in [0.2, 0.25) is 0 Å². The van der Waals surface area contributed by atoms with Crippen molar-refractivity contribution in [3.8, 4) is 23.0 Å². The fraction of sp³-hybridized carbons (Fsp3) is 0.522. The summed E-state index contributed by atoms with van der Waals surface area (Å²) in [4.78, 5) is 32.6. The van der Waals surface area contributed by atoms with Crippen LogP contribution < -0.4 is 15.2 Å². The van der Waals surface area contributed by atoms with E-state index in [-0.39, 0.29) is 47.3 Å². The van der Waals surface area contributed by atoms with Crippen molar-refractivity contribution < 1.29 is 37.0 Å². The average Bonchev–Trinajstić information content (AvgIpc) is 3.58. The number of ether oxygens (including phenoxy) is 3. The predicted molar refractivity (Wildman–Crippen MR) is 119 cm³/mol. The van der Waals surface area contributed by atoms with E-state index in [0.717, 1.165) is 12.8 Å². The highest BCUT2D eigenvalue weighted by molar-refractivity contribution is 5.94. The second-order valence-corrected chi connectivity index (χ2v) is 8.55. The first-order chi connectivity index (χ1) is 16.8. The van der Waals surface area contributed by atoms with Crippen molar-refractivity contribution in [1.29, 1.82) is 0 Å². The van der Waals surface area contributed by atoms with E-state index in [1.807, 2.05) is 6.92 Å². The van der Waals surface area contributed by atoms with Crippen LogP contribution in [0.25, 0.3) is 11.5 Å². The molecular formula is C23H28F2N4O6. The summed E-state index contributed by atoms with van der Waals surface area (Å²) in [6, 6.07) is 4.10. The zero-order valence-corrected chi connectivity index (χ0v) is 19.5. The fourth-order valence-electron chi connectivity index (χ4n) is 3.90. The summed E-state index contributed by atoms with van der Waals surface area (Å²) in [5.74, 6) is 0.373. The average molecular weight is 494 g/mol. The highest BCUT2D eigenvalue weighted by Gasteiger charge is 2.33. The highest BCUT2D eigenvalue weighted by atomic mass is 19.3. The molecule has 1 saturated heterocycles. The molecular weight excluding hydrogens is 466 g/mol. The summed E-state index contributed by atoms with van der Waals surface area (Å²) in [6.07, 6.45) is 1.61. The lowest BCUT2D eigenvalue weighted by molar-refractivity contribution is -0.0515. The Kier molecular flexibility index (Phi) is 7.39. The number of hydrogen-bond donors (Lipinski definition) is 1. The first-order valence-electron chi connectivity index (χ1n) is 11.4. The van der Waals surface area contributed by atoms with Gasteiger partial charge in [0.1, 0.15) is 0 Å². The minimum Gasteiger partial charge on any atom is -0.489 e. The normalized spacial score (nSPS) is 18.1. The molecule has 2 heterocycles. The zero-order chi connectivity index (χ0) is 25.1. The number of alkyl halides is 2. The lowest BCUT2D eigenvalue weighted by Crippen LogP contribution is -2.55. The molecule has 35 heavy (non-hydrogen) atoms. The van der Waals surface area contributed by atoms with E-state index in [9.17, 15) is 18.4 Å². The van der Waals surface area contributed by atoms with Crippen LogP contribution in [0.15, 0.2) is 22.6 Å². The monoisotopic (exact) mass is 494 g/mol. The number of carbonyl (C=O) groups is 2. The van der Waals surface area contributed by atoms with E-state index in [1.54, 1.807) is 9.80 Å². The number of piperazine rings is 1. The quantitative estimate of drug-likeness (QED) is 0.594. The summed E-state index contributed by atoms with van der Waals surface area (Å²) in [6.45, 7) is 0.0465. The molecule has 1 aliphatic heterocycles. The van der Waals surface area contributed by atoms with Crippen molar-refractivity contribution in [2.45, 2.75) is 39.0 Å². The van der Waals surface area contributed by atoms with Gasteiger partial charge in [0, 0.05) is 31.2 Å². The second kappa shape index (κ2) is 10.5. The molecule has 190 valence electrons. The highest BCUT2D eigenvalue weighted by Crippen LogP contribution is 2.36. The molecule has 1 atom stereocenters. The van der Waals surface area contributed by atoms with Crippen LogP contribution in [0.1, 0.15) is 36.0 Å². The SMILES string of the molecule is COC(=O)N1CCN(C(=O)c2nc(-c3ccc(OC(F)F)c(OCC4CC4)c3)oc2CN)CC1C. The Hall–Kier alpha value is -3.41. The Bertz CT molecular complexity index is 1070. The van der Waals surface area contributed by atoms with E-state index in [2.05, 4.69) is 9.72 Å². The maximum absolute atomic E-state index is 13.2. The van der Waals surface area contributed by atoms with Gasteiger partial charge in [-0.3, -0.25) is 4.79 Å². The van der Waals surface area contributed by atoms with E-state index in [1.165, 1.54) is 25.3 Å². The van der Waals surface area contributed by atoms with Gasteiger partial charge in [-0.1, -0.05) is 0 Å². The summed E-state index contributed by atoms with van der Waals surface area (Å²) in [5, 5.41) is 0. The van der Waals surface area contributed by atoms with Gasteiger partial charge in [0.2, 0.25) is 5.89 Å². The number of rotatable bonds is 8. The lowest BCUT2D eigenvalue weighted by atomic mass is 10.2. The molecule has 1 saturated carbocycles. The van der Waals surface area contributed by atoms with Crippen molar-refractivity contribution in [1.82, 2.24) is 14.8 Å². The smallest absolute Gasteiger partial charge is 0.409 e. The van der Waals surface area contributed by atoms with Gasteiger partial charge >= 0.3 is 12.7 Å². The lowest BCUT2D eigenvalue weighted by Gasteiger charge is -2.38. The van der Waals surface area contributed by atoms with E-state index >= 15 is 0 Å². The number of nitrogens with zero attached hydrogens (tertiary/aromatic N) is 3. The number of nitrogens with two attached hydrogens (primary N) is 1. The third-order valence-corrected chi connectivity index (χ3v) is 5.99. The number of hydrogen-bond acceptors (Lipinski definition) is 8. The molecule has 4 rings (SSSR count). The third-order valence-electron chi connectivity index (χ3n) is 5.99. The molecule has 0 bridgehead atoms. The van der Waals surface area contributed by atoms with Crippen molar-refractivity contribution in [3.63, 3.8) is 0 Å². The topological polar surface area (TPSA) is 120 Å². The van der Waals surface area contributed by atoms with Gasteiger partial charge < -0.3 is 34.2 Å². The van der Waals surface area contributed by atoms with Gasteiger partial charge in [0.15, 0.2) is 23.0 Å². The summed E-state index contributed by atoms with van der Waals surface area (Å²) < 4.78 is 46.5. The maximum Gasteiger partial charge on any atom is 0.409 e. The van der Waals surface area contributed by atoms with Gasteiger partial charge in [-0.15, -0.1) is 0 Å². The largest absolute Gasteiger partial charge is 0.489 e. The van der Waals surface area contributed by atoms with Gasteiger partial charge in [0.05, 0.1) is 20.3 Å². The minimum atomic E-state index is -3.00. The van der Waals surface area contributed by atoms with E-state index in [4.69, 9.17) is 19.6 Å². The molecule has 12 heteroatoms. The van der Waals surface area contributed by atoms with Crippen LogP contribution in [0, 0.1) is 5.92 Å². The summed E-state index contributed by atoms with van der Waals surface area (Å²) in [5.41, 5.74) is 6.30. The van der Waals surface area contributed by atoms with Crippen molar-refractivity contribution in [2.75, 3.05) is 33.4 Å². The van der Waals surface area contributed by atoms with Gasteiger partial charge in [-0.05, 0) is 43.9 Å². The standard InChI is InChI=1S/C23H28F2N4O6/c1-13-11-28(7-8-29(13)23(31)32-2)21(30)19-18(10-26)34-20(27-19)15-5-6-16(35-22(24)25)17(9-15)33-12-14-3-4-14/h5-6,9,13-14,22H,3-4,7-8,10-12,26H2,1-2H3. The summed E-state index contributed by atoms with van der Waals surface area (Å²) >= 11 is 0. The molecule has 2 fully saturated rings. The van der Waals surface area contributed by atoms with E-state index < -0.39 is 12.7 Å². The molecule has 2 aromatic rings. The molecule has 0 radical (unpaired) electrons. The number of amides is 2. The first kappa shape index (κ1) is 24.7. The van der Waals surface area contributed by atoms with Crippen LogP contribution in [0.5, 0.6) is 11.5 Å². The van der Waals surface area contributed by atoms with Crippen LogP contribution in [-0.2, 0) is 11.3 Å². The number of carbonyl (C=O) groups excluding carboxylic acids is 2. The van der Waals surface area contributed by atoms with Crippen LogP contribution in [0.4, 0.5) is 13.6 Å². The molecule has 10 nitrogen and oxygen atoms in total. The van der Waals surface area contributed by atoms with Crippen molar-refractivity contribution in [2.24, 2.45) is 11.7 Å². The van der Waals surface area contributed by atoms with Crippen LogP contribution >= 0.6 is 0 Å². The Labute approximate surface area is 200 Å². The van der Waals surface area contributed by atoms with Gasteiger partial charge in [-0.25, -0.2) is 9.78 Å². The number of oxazole rings is 1. The fourth-order valence-corrected chi connectivity index (χ4v) is 3.90. The molecule has 1 aromatic carbocycles. The number of methoxy groups -OCH3 is 1. The Balaban J connectivity index is 1.55. The van der Waals surface area contributed by atoms with E-state index in [0.29, 0.717) is 37.7 Å². The first-order valence-corrected chi connectivity index (χ1v) is 11.4. The molecule has 2 amide bonds. The predicted octanol–water partition coefficient (Wildman–Crippen LogP) is 3.10.